The Morgan fingerprint density at radius 1 is 1.36 bits per heavy atom. The summed E-state index contributed by atoms with van der Waals surface area (Å²) in [4.78, 5) is 0. The monoisotopic (exact) mass is 196 g/mol. The molecule has 1 fully saturated rings. The molecule has 0 spiro atoms. The predicted octanol–water partition coefficient (Wildman–Crippen LogP) is 1.78. The van der Waals surface area contributed by atoms with E-state index >= 15 is 0 Å². The molecule has 76 valence electrons. The molecular formula is C11H13FO2. The Balaban J connectivity index is 1.66. The molecule has 3 heteroatoms. The van der Waals surface area contributed by atoms with Crippen molar-refractivity contribution < 1.29 is 13.9 Å². The van der Waals surface area contributed by atoms with Crippen molar-refractivity contribution in [2.75, 3.05) is 19.8 Å². The van der Waals surface area contributed by atoms with Crippen LogP contribution in [0, 0.1) is 5.82 Å². The van der Waals surface area contributed by atoms with Gasteiger partial charge in [0.2, 0.25) is 0 Å². The Morgan fingerprint density at radius 3 is 2.71 bits per heavy atom. The summed E-state index contributed by atoms with van der Waals surface area (Å²) in [5.41, 5.74) is 1.10. The molecular weight excluding hydrogens is 183 g/mol. The van der Waals surface area contributed by atoms with E-state index in [0.29, 0.717) is 19.3 Å². The number of hydrogen-bond donors (Lipinski definition) is 0. The highest BCUT2D eigenvalue weighted by Crippen LogP contribution is 2.09. The quantitative estimate of drug-likeness (QED) is 0.529. The van der Waals surface area contributed by atoms with E-state index in [1.54, 1.807) is 12.1 Å². The van der Waals surface area contributed by atoms with Crippen molar-refractivity contribution in [3.8, 4) is 0 Å². The van der Waals surface area contributed by atoms with Gasteiger partial charge in [-0.2, -0.15) is 0 Å². The number of hydrogen-bond acceptors (Lipinski definition) is 2. The Kier molecular flexibility index (Phi) is 3.11. The third-order valence-corrected chi connectivity index (χ3v) is 2.15. The van der Waals surface area contributed by atoms with E-state index < -0.39 is 0 Å². The van der Waals surface area contributed by atoms with Gasteiger partial charge in [0.1, 0.15) is 11.9 Å². The lowest BCUT2D eigenvalue weighted by Crippen LogP contribution is -2.04. The summed E-state index contributed by atoms with van der Waals surface area (Å²) in [6.07, 6.45) is 1.15. The van der Waals surface area contributed by atoms with Crippen molar-refractivity contribution >= 4 is 0 Å². The Bertz CT molecular complexity index is 280. The molecule has 1 aromatic carbocycles. The van der Waals surface area contributed by atoms with Crippen molar-refractivity contribution in [1.82, 2.24) is 0 Å². The summed E-state index contributed by atoms with van der Waals surface area (Å²) in [7, 11) is 0. The van der Waals surface area contributed by atoms with Crippen LogP contribution < -0.4 is 0 Å². The fraction of sp³-hybridized carbons (Fsp3) is 0.455. The van der Waals surface area contributed by atoms with Gasteiger partial charge < -0.3 is 9.47 Å². The summed E-state index contributed by atoms with van der Waals surface area (Å²) in [6, 6.07) is 6.51. The lowest BCUT2D eigenvalue weighted by molar-refractivity contribution is 0.119. The molecule has 0 bridgehead atoms. The molecule has 0 aliphatic carbocycles. The summed E-state index contributed by atoms with van der Waals surface area (Å²) in [5.74, 6) is -0.193. The molecule has 0 radical (unpaired) electrons. The lowest BCUT2D eigenvalue weighted by atomic mass is 10.2. The molecule has 0 N–H and O–H groups in total. The summed E-state index contributed by atoms with van der Waals surface area (Å²) in [6.45, 7) is 2.18. The molecule has 1 aliphatic heterocycles. The van der Waals surface area contributed by atoms with Crippen LogP contribution in [0.3, 0.4) is 0 Å². The number of rotatable bonds is 5. The SMILES string of the molecule is Fc1ccc(CCOCC2CO2)cc1. The van der Waals surface area contributed by atoms with Gasteiger partial charge in [-0.1, -0.05) is 12.1 Å². The fourth-order valence-corrected chi connectivity index (χ4v) is 1.22. The second-order valence-corrected chi connectivity index (χ2v) is 3.41. The first kappa shape index (κ1) is 9.62. The molecule has 1 unspecified atom stereocenters. The average molecular weight is 196 g/mol. The fourth-order valence-electron chi connectivity index (χ4n) is 1.22. The van der Waals surface area contributed by atoms with Crippen LogP contribution in [0.4, 0.5) is 4.39 Å². The van der Waals surface area contributed by atoms with Gasteiger partial charge in [0, 0.05) is 0 Å². The summed E-state index contributed by atoms with van der Waals surface area (Å²) < 4.78 is 22.9. The van der Waals surface area contributed by atoms with E-state index in [1.807, 2.05) is 0 Å². The van der Waals surface area contributed by atoms with Crippen molar-refractivity contribution in [2.45, 2.75) is 12.5 Å². The van der Waals surface area contributed by atoms with E-state index in [-0.39, 0.29) is 5.82 Å². The molecule has 1 heterocycles. The smallest absolute Gasteiger partial charge is 0.123 e. The van der Waals surface area contributed by atoms with Crippen molar-refractivity contribution in [1.29, 1.82) is 0 Å². The number of benzene rings is 1. The molecule has 2 nitrogen and oxygen atoms in total. The molecule has 0 aromatic heterocycles. The topological polar surface area (TPSA) is 21.8 Å². The van der Waals surface area contributed by atoms with Gasteiger partial charge in [0.25, 0.3) is 0 Å². The van der Waals surface area contributed by atoms with E-state index in [2.05, 4.69) is 0 Å². The zero-order valence-corrected chi connectivity index (χ0v) is 7.91. The second-order valence-electron chi connectivity index (χ2n) is 3.41. The highest BCUT2D eigenvalue weighted by molar-refractivity contribution is 5.15. The van der Waals surface area contributed by atoms with Crippen molar-refractivity contribution in [2.24, 2.45) is 0 Å². The van der Waals surface area contributed by atoms with E-state index in [4.69, 9.17) is 9.47 Å². The van der Waals surface area contributed by atoms with Crippen LogP contribution in [-0.2, 0) is 15.9 Å². The molecule has 2 rings (SSSR count). The van der Waals surface area contributed by atoms with Gasteiger partial charge in [-0.05, 0) is 24.1 Å². The maximum Gasteiger partial charge on any atom is 0.123 e. The van der Waals surface area contributed by atoms with Crippen molar-refractivity contribution in [3.05, 3.63) is 35.6 Å². The number of halogens is 1. The first-order valence-electron chi connectivity index (χ1n) is 4.78. The minimum Gasteiger partial charge on any atom is -0.378 e. The minimum absolute atomic E-state index is 0.193. The Morgan fingerprint density at radius 2 is 2.07 bits per heavy atom. The van der Waals surface area contributed by atoms with E-state index in [9.17, 15) is 4.39 Å². The average Bonchev–Trinajstić information content (AvgIpc) is 2.99. The van der Waals surface area contributed by atoms with Gasteiger partial charge >= 0.3 is 0 Å². The lowest BCUT2D eigenvalue weighted by Gasteiger charge is -2.02. The molecule has 1 aromatic rings. The first-order chi connectivity index (χ1) is 6.84. The Hall–Kier alpha value is -0.930. The van der Waals surface area contributed by atoms with Gasteiger partial charge in [-0.25, -0.2) is 4.39 Å². The van der Waals surface area contributed by atoms with Gasteiger partial charge in [0.05, 0.1) is 19.8 Å². The van der Waals surface area contributed by atoms with Crippen LogP contribution in [0.1, 0.15) is 5.56 Å². The zero-order valence-electron chi connectivity index (χ0n) is 7.91. The summed E-state index contributed by atoms with van der Waals surface area (Å²) in [5, 5.41) is 0. The maximum atomic E-state index is 12.5. The van der Waals surface area contributed by atoms with Crippen LogP contribution in [0.2, 0.25) is 0 Å². The van der Waals surface area contributed by atoms with Crippen molar-refractivity contribution in [3.63, 3.8) is 0 Å². The Labute approximate surface area is 82.6 Å². The van der Waals surface area contributed by atoms with Gasteiger partial charge in [-0.3, -0.25) is 0 Å². The number of epoxide rings is 1. The van der Waals surface area contributed by atoms with Crippen LogP contribution in [-0.4, -0.2) is 25.9 Å². The van der Waals surface area contributed by atoms with Gasteiger partial charge in [0.15, 0.2) is 0 Å². The molecule has 1 atom stereocenters. The molecule has 14 heavy (non-hydrogen) atoms. The minimum atomic E-state index is -0.193. The predicted molar refractivity (Wildman–Crippen MR) is 50.7 cm³/mol. The normalized spacial score (nSPS) is 19.6. The number of ether oxygens (including phenoxy) is 2. The molecule has 0 amide bonds. The molecule has 1 aliphatic rings. The van der Waals surface area contributed by atoms with Crippen LogP contribution in [0.5, 0.6) is 0 Å². The van der Waals surface area contributed by atoms with Crippen LogP contribution in [0.25, 0.3) is 0 Å². The van der Waals surface area contributed by atoms with Crippen LogP contribution in [0.15, 0.2) is 24.3 Å². The largest absolute Gasteiger partial charge is 0.378 e. The third kappa shape index (κ3) is 3.09. The highest BCUT2D eigenvalue weighted by Gasteiger charge is 2.21. The summed E-state index contributed by atoms with van der Waals surface area (Å²) >= 11 is 0. The van der Waals surface area contributed by atoms with E-state index in [0.717, 1.165) is 18.6 Å². The van der Waals surface area contributed by atoms with Crippen LogP contribution >= 0.6 is 0 Å². The standard InChI is InChI=1S/C11H13FO2/c12-10-3-1-9(2-4-10)5-6-13-7-11-8-14-11/h1-4,11H,5-8H2. The first-order valence-corrected chi connectivity index (χ1v) is 4.78. The maximum absolute atomic E-state index is 12.5. The zero-order chi connectivity index (χ0) is 9.80. The molecule has 1 saturated heterocycles. The molecule has 0 saturated carbocycles. The van der Waals surface area contributed by atoms with E-state index in [1.165, 1.54) is 12.1 Å². The second kappa shape index (κ2) is 4.53. The van der Waals surface area contributed by atoms with Gasteiger partial charge in [-0.15, -0.1) is 0 Å². The third-order valence-electron chi connectivity index (χ3n) is 2.15. The highest BCUT2D eigenvalue weighted by atomic mass is 19.1.